The quantitative estimate of drug-likeness (QED) is 0.457. The minimum Gasteiger partial charge on any atom is -0.379 e. The standard InChI is InChI=1S/C11H13ClFN3O3/c12-7-5-10(16(18)19)9(6-8(7)13)15-4-2-1-3-11(14)17/h5-6,15H,1-4H2,(H2,14,17). The van der Waals surface area contributed by atoms with Crippen molar-refractivity contribution < 1.29 is 14.1 Å². The molecule has 6 nitrogen and oxygen atoms in total. The van der Waals surface area contributed by atoms with Crippen LogP contribution in [0.5, 0.6) is 0 Å². The molecule has 3 N–H and O–H groups in total. The van der Waals surface area contributed by atoms with Crippen molar-refractivity contribution in [3.8, 4) is 0 Å². The monoisotopic (exact) mass is 289 g/mol. The summed E-state index contributed by atoms with van der Waals surface area (Å²) in [6.45, 7) is 0.370. The first-order chi connectivity index (χ1) is 8.91. The lowest BCUT2D eigenvalue weighted by Crippen LogP contribution is -2.11. The average Bonchev–Trinajstić information content (AvgIpc) is 2.32. The zero-order chi connectivity index (χ0) is 14.4. The van der Waals surface area contributed by atoms with Crippen molar-refractivity contribution in [1.82, 2.24) is 0 Å². The van der Waals surface area contributed by atoms with E-state index in [0.29, 0.717) is 19.4 Å². The second-order valence-corrected chi connectivity index (χ2v) is 4.30. The lowest BCUT2D eigenvalue weighted by atomic mass is 10.2. The van der Waals surface area contributed by atoms with Crippen molar-refractivity contribution >= 4 is 28.9 Å². The van der Waals surface area contributed by atoms with Crippen LogP contribution in [-0.4, -0.2) is 17.4 Å². The Bertz CT molecular complexity index is 496. The van der Waals surface area contributed by atoms with Gasteiger partial charge in [0.15, 0.2) is 0 Å². The summed E-state index contributed by atoms with van der Waals surface area (Å²) >= 11 is 5.49. The number of carbonyl (C=O) groups excluding carboxylic acids is 1. The zero-order valence-electron chi connectivity index (χ0n) is 9.99. The number of hydrogen-bond acceptors (Lipinski definition) is 4. The van der Waals surface area contributed by atoms with E-state index in [-0.39, 0.29) is 22.8 Å². The second kappa shape index (κ2) is 6.89. The number of nitro benzene ring substituents is 1. The van der Waals surface area contributed by atoms with Crippen molar-refractivity contribution in [2.75, 3.05) is 11.9 Å². The third-order valence-electron chi connectivity index (χ3n) is 2.40. The maximum atomic E-state index is 13.2. The number of carbonyl (C=O) groups is 1. The van der Waals surface area contributed by atoms with Gasteiger partial charge in [-0.25, -0.2) is 4.39 Å². The molecule has 0 aliphatic rings. The van der Waals surface area contributed by atoms with Gasteiger partial charge in [-0.15, -0.1) is 0 Å². The van der Waals surface area contributed by atoms with Gasteiger partial charge in [0.05, 0.1) is 9.95 Å². The maximum absolute atomic E-state index is 13.2. The number of nitrogens with two attached hydrogens (primary N) is 1. The van der Waals surface area contributed by atoms with Crippen LogP contribution in [0.3, 0.4) is 0 Å². The van der Waals surface area contributed by atoms with E-state index in [1.54, 1.807) is 0 Å². The van der Waals surface area contributed by atoms with Gasteiger partial charge in [-0.3, -0.25) is 14.9 Å². The number of halogens is 2. The number of primary amides is 1. The fourth-order valence-electron chi connectivity index (χ4n) is 1.48. The van der Waals surface area contributed by atoms with Gasteiger partial charge in [-0.2, -0.15) is 0 Å². The summed E-state index contributed by atoms with van der Waals surface area (Å²) in [4.78, 5) is 20.7. The summed E-state index contributed by atoms with van der Waals surface area (Å²) in [6.07, 6.45) is 1.40. The molecule has 0 unspecified atom stereocenters. The molecule has 1 aromatic rings. The summed E-state index contributed by atoms with van der Waals surface area (Å²) in [7, 11) is 0. The third-order valence-corrected chi connectivity index (χ3v) is 2.69. The summed E-state index contributed by atoms with van der Waals surface area (Å²) in [5.41, 5.74) is 4.74. The van der Waals surface area contributed by atoms with Crippen LogP contribution in [0.2, 0.25) is 5.02 Å². The fraction of sp³-hybridized carbons (Fsp3) is 0.364. The van der Waals surface area contributed by atoms with E-state index in [1.807, 2.05) is 0 Å². The molecule has 0 spiro atoms. The van der Waals surface area contributed by atoms with Crippen LogP contribution in [0, 0.1) is 15.9 Å². The Labute approximate surface area is 113 Å². The van der Waals surface area contributed by atoms with Crippen molar-refractivity contribution in [2.24, 2.45) is 5.73 Å². The number of benzene rings is 1. The highest BCUT2D eigenvalue weighted by Gasteiger charge is 2.17. The summed E-state index contributed by atoms with van der Waals surface area (Å²) in [5, 5.41) is 13.2. The van der Waals surface area contributed by atoms with Gasteiger partial charge >= 0.3 is 0 Å². The Morgan fingerprint density at radius 2 is 2.16 bits per heavy atom. The number of unbranched alkanes of at least 4 members (excludes halogenated alkanes) is 1. The molecule has 0 radical (unpaired) electrons. The van der Waals surface area contributed by atoms with E-state index >= 15 is 0 Å². The molecule has 8 heteroatoms. The molecule has 0 saturated carbocycles. The first kappa shape index (κ1) is 15.2. The molecule has 1 amide bonds. The number of anilines is 1. The average molecular weight is 290 g/mol. The van der Waals surface area contributed by atoms with Crippen LogP contribution >= 0.6 is 11.6 Å². The van der Waals surface area contributed by atoms with Crippen LogP contribution in [0.4, 0.5) is 15.8 Å². The minimum atomic E-state index is -0.730. The molecule has 0 aromatic heterocycles. The highest BCUT2D eigenvalue weighted by atomic mass is 35.5. The molecule has 0 fully saturated rings. The first-order valence-electron chi connectivity index (χ1n) is 5.57. The van der Waals surface area contributed by atoms with Gasteiger partial charge in [0.1, 0.15) is 11.5 Å². The maximum Gasteiger partial charge on any atom is 0.294 e. The predicted molar refractivity (Wildman–Crippen MR) is 69.6 cm³/mol. The summed E-state index contributed by atoms with van der Waals surface area (Å²) in [5.74, 6) is -1.13. The van der Waals surface area contributed by atoms with E-state index < -0.39 is 16.6 Å². The molecule has 0 saturated heterocycles. The Kier molecular flexibility index (Phi) is 5.50. The number of nitro groups is 1. The van der Waals surface area contributed by atoms with Gasteiger partial charge < -0.3 is 11.1 Å². The van der Waals surface area contributed by atoms with Crippen molar-refractivity contribution in [2.45, 2.75) is 19.3 Å². The second-order valence-electron chi connectivity index (χ2n) is 3.89. The molecule has 1 aromatic carbocycles. The van der Waals surface area contributed by atoms with E-state index in [2.05, 4.69) is 5.32 Å². The number of hydrogen-bond donors (Lipinski definition) is 2. The first-order valence-corrected chi connectivity index (χ1v) is 5.95. The summed E-state index contributed by atoms with van der Waals surface area (Å²) in [6, 6.07) is 1.94. The third kappa shape index (κ3) is 4.70. The summed E-state index contributed by atoms with van der Waals surface area (Å²) < 4.78 is 13.2. The molecule has 0 aliphatic heterocycles. The van der Waals surface area contributed by atoms with Gasteiger partial charge in [0.2, 0.25) is 5.91 Å². The molecule has 104 valence electrons. The Morgan fingerprint density at radius 1 is 1.47 bits per heavy atom. The fourth-order valence-corrected chi connectivity index (χ4v) is 1.63. The van der Waals surface area contributed by atoms with Crippen LogP contribution < -0.4 is 11.1 Å². The van der Waals surface area contributed by atoms with Crippen LogP contribution in [0.15, 0.2) is 12.1 Å². The molecule has 0 bridgehead atoms. The van der Waals surface area contributed by atoms with Crippen molar-refractivity contribution in [3.63, 3.8) is 0 Å². The molecule has 1 rings (SSSR count). The lowest BCUT2D eigenvalue weighted by Gasteiger charge is -2.07. The lowest BCUT2D eigenvalue weighted by molar-refractivity contribution is -0.384. The minimum absolute atomic E-state index is 0.0611. The van der Waals surface area contributed by atoms with E-state index in [4.69, 9.17) is 17.3 Å². The highest BCUT2D eigenvalue weighted by molar-refractivity contribution is 6.31. The van der Waals surface area contributed by atoms with Crippen LogP contribution in [0.25, 0.3) is 0 Å². The molecule has 0 heterocycles. The predicted octanol–water partition coefficient (Wildman–Crippen LogP) is 2.45. The smallest absolute Gasteiger partial charge is 0.294 e. The number of rotatable bonds is 7. The highest BCUT2D eigenvalue weighted by Crippen LogP contribution is 2.30. The Hall–Kier alpha value is -1.89. The van der Waals surface area contributed by atoms with E-state index in [9.17, 15) is 19.3 Å². The Balaban J connectivity index is 2.64. The molecular formula is C11H13ClFN3O3. The largest absolute Gasteiger partial charge is 0.379 e. The molecule has 0 aliphatic carbocycles. The molecule has 0 atom stereocenters. The molecular weight excluding hydrogens is 277 g/mol. The molecule has 19 heavy (non-hydrogen) atoms. The van der Waals surface area contributed by atoms with Gasteiger partial charge in [0, 0.05) is 25.1 Å². The number of nitrogens with one attached hydrogen (secondary N) is 1. The number of nitrogens with zero attached hydrogens (tertiary/aromatic N) is 1. The number of amides is 1. The van der Waals surface area contributed by atoms with Gasteiger partial charge in [0.25, 0.3) is 5.69 Å². The SMILES string of the molecule is NC(=O)CCCCNc1cc(F)c(Cl)cc1[N+](=O)[O-]. The normalized spacial score (nSPS) is 10.2. The Morgan fingerprint density at radius 3 is 2.74 bits per heavy atom. The van der Waals surface area contributed by atoms with Gasteiger partial charge in [-0.1, -0.05) is 11.6 Å². The van der Waals surface area contributed by atoms with Crippen LogP contribution in [-0.2, 0) is 4.79 Å². The zero-order valence-corrected chi connectivity index (χ0v) is 10.7. The van der Waals surface area contributed by atoms with E-state index in [0.717, 1.165) is 12.1 Å². The van der Waals surface area contributed by atoms with E-state index in [1.165, 1.54) is 0 Å². The van der Waals surface area contributed by atoms with Crippen molar-refractivity contribution in [3.05, 3.63) is 33.1 Å². The van der Waals surface area contributed by atoms with Gasteiger partial charge in [-0.05, 0) is 12.8 Å². The van der Waals surface area contributed by atoms with Crippen molar-refractivity contribution in [1.29, 1.82) is 0 Å². The topological polar surface area (TPSA) is 98.3 Å². The van der Waals surface area contributed by atoms with Crippen LogP contribution in [0.1, 0.15) is 19.3 Å².